The topological polar surface area (TPSA) is 3.24 Å². The predicted molar refractivity (Wildman–Crippen MR) is 263 cm³/mol. The minimum absolute atomic E-state index is 0.0889. The maximum absolute atomic E-state index is 2.65. The van der Waals surface area contributed by atoms with Gasteiger partial charge < -0.3 is 4.90 Å². The summed E-state index contributed by atoms with van der Waals surface area (Å²) >= 11 is 0. The monoisotopic (exact) mass is 803 g/mol. The van der Waals surface area contributed by atoms with Crippen LogP contribution in [0, 0.1) is 5.92 Å². The van der Waals surface area contributed by atoms with Crippen LogP contribution >= 0.6 is 0 Å². The van der Waals surface area contributed by atoms with Gasteiger partial charge in [0.1, 0.15) is 0 Å². The minimum Gasteiger partial charge on any atom is -0.310 e. The molecule has 0 heterocycles. The van der Waals surface area contributed by atoms with Crippen molar-refractivity contribution in [3.63, 3.8) is 0 Å². The Labute approximate surface area is 370 Å². The Balaban J connectivity index is 0.978. The summed E-state index contributed by atoms with van der Waals surface area (Å²) in [6.07, 6.45) is 7.59. The number of rotatable bonds is 5. The van der Waals surface area contributed by atoms with E-state index in [1.54, 1.807) is 0 Å². The first-order valence-electron chi connectivity index (χ1n) is 22.4. The lowest BCUT2D eigenvalue weighted by molar-refractivity contribution is 0.467. The molecule has 1 heteroatoms. The van der Waals surface area contributed by atoms with E-state index in [-0.39, 0.29) is 22.7 Å². The first-order valence-corrected chi connectivity index (χ1v) is 22.4. The third-order valence-electron chi connectivity index (χ3n) is 15.0. The molecule has 0 radical (unpaired) electrons. The average molecular weight is 804 g/mol. The highest BCUT2D eigenvalue weighted by Gasteiger charge is 2.57. The molecular formula is C62H45N. The third-order valence-corrected chi connectivity index (χ3v) is 15.0. The predicted octanol–water partition coefficient (Wildman–Crippen LogP) is 16.0. The second-order valence-corrected chi connectivity index (χ2v) is 18.3. The van der Waals surface area contributed by atoms with Gasteiger partial charge in [0.15, 0.2) is 0 Å². The number of allylic oxidation sites excluding steroid dienone is 4. The van der Waals surface area contributed by atoms with Crippen LogP contribution in [-0.2, 0) is 10.8 Å². The summed E-state index contributed by atoms with van der Waals surface area (Å²) in [5.74, 6) is 0.471. The first-order chi connectivity index (χ1) is 31.0. The normalized spacial score (nSPS) is 17.7. The number of hydrogen-bond donors (Lipinski definition) is 0. The Bertz CT molecular complexity index is 3340. The zero-order valence-corrected chi connectivity index (χ0v) is 35.5. The first kappa shape index (κ1) is 36.2. The van der Waals surface area contributed by atoms with Gasteiger partial charge >= 0.3 is 0 Å². The van der Waals surface area contributed by atoms with Crippen LogP contribution in [0.15, 0.2) is 224 Å². The van der Waals surface area contributed by atoms with Crippen LogP contribution in [0.1, 0.15) is 58.7 Å². The maximum atomic E-state index is 2.65. The molecule has 13 rings (SSSR count). The highest BCUT2D eigenvalue weighted by Crippen LogP contribution is 2.66. The van der Waals surface area contributed by atoms with Crippen molar-refractivity contribution in [1.29, 1.82) is 0 Å². The molecule has 63 heavy (non-hydrogen) atoms. The molecule has 2 atom stereocenters. The van der Waals surface area contributed by atoms with Crippen LogP contribution in [0.4, 0.5) is 17.1 Å². The zero-order chi connectivity index (χ0) is 41.9. The Morgan fingerprint density at radius 2 is 1.03 bits per heavy atom. The average Bonchev–Trinajstić information content (AvgIpc) is 3.90. The lowest BCUT2D eigenvalue weighted by atomic mass is 9.64. The lowest BCUT2D eigenvalue weighted by Crippen LogP contribution is -2.33. The molecule has 0 aliphatic heterocycles. The van der Waals surface area contributed by atoms with Gasteiger partial charge in [-0.3, -0.25) is 0 Å². The molecule has 1 spiro atoms. The van der Waals surface area contributed by atoms with Crippen LogP contribution in [0.3, 0.4) is 0 Å². The highest BCUT2D eigenvalue weighted by atomic mass is 15.1. The summed E-state index contributed by atoms with van der Waals surface area (Å²) < 4.78 is 0. The van der Waals surface area contributed by atoms with Gasteiger partial charge in [-0.1, -0.05) is 208 Å². The molecule has 9 aromatic carbocycles. The van der Waals surface area contributed by atoms with E-state index in [2.05, 4.69) is 243 Å². The standard InChI is InChI=1S/C62H45N/c1-61(2)52-25-12-11-24-51(52)60-56(61)29-16-30-58(60)63(43-18-4-3-5-19-43)44-35-31-41(32-36-44)46-37-33-40-17-6-7-20-45(40)59(46)42-34-38-50-49-23-10-15-28-55(49)62(57(50)39-42)53-26-13-8-21-47(53)48-22-9-14-27-54(48)62/h3-39,50,57H,1-2H3. The number of fused-ring (bicyclic) bond motifs is 14. The second kappa shape index (κ2) is 13.5. The van der Waals surface area contributed by atoms with Crippen LogP contribution in [-0.4, -0.2) is 0 Å². The van der Waals surface area contributed by atoms with E-state index in [9.17, 15) is 0 Å². The summed E-state index contributed by atoms with van der Waals surface area (Å²) in [6, 6.07) is 77.1. The van der Waals surface area contributed by atoms with Gasteiger partial charge in [0.05, 0.1) is 11.1 Å². The summed E-state index contributed by atoms with van der Waals surface area (Å²) in [6.45, 7) is 4.72. The molecule has 0 amide bonds. The van der Waals surface area contributed by atoms with Crippen molar-refractivity contribution in [3.8, 4) is 33.4 Å². The van der Waals surface area contributed by atoms with Gasteiger partial charge in [0.25, 0.3) is 0 Å². The number of anilines is 3. The van der Waals surface area contributed by atoms with E-state index in [1.165, 1.54) is 94.4 Å². The van der Waals surface area contributed by atoms with E-state index in [1.807, 2.05) is 0 Å². The van der Waals surface area contributed by atoms with Crippen molar-refractivity contribution < 1.29 is 0 Å². The van der Waals surface area contributed by atoms with Gasteiger partial charge in [-0.15, -0.1) is 0 Å². The Morgan fingerprint density at radius 3 is 1.79 bits per heavy atom. The molecule has 4 aliphatic rings. The molecule has 0 saturated carbocycles. The van der Waals surface area contributed by atoms with Crippen LogP contribution in [0.5, 0.6) is 0 Å². The van der Waals surface area contributed by atoms with Crippen molar-refractivity contribution in [2.24, 2.45) is 5.92 Å². The van der Waals surface area contributed by atoms with Gasteiger partial charge in [0.2, 0.25) is 0 Å². The van der Waals surface area contributed by atoms with Gasteiger partial charge in [0, 0.05) is 34.2 Å². The van der Waals surface area contributed by atoms with E-state index in [0.717, 1.165) is 11.4 Å². The van der Waals surface area contributed by atoms with Crippen LogP contribution in [0.25, 0.3) is 49.7 Å². The smallest absolute Gasteiger partial charge is 0.0543 e. The van der Waals surface area contributed by atoms with E-state index >= 15 is 0 Å². The Kier molecular flexibility index (Phi) is 7.76. The van der Waals surface area contributed by atoms with Crippen molar-refractivity contribution in [2.45, 2.75) is 30.6 Å². The largest absolute Gasteiger partial charge is 0.310 e. The van der Waals surface area contributed by atoms with Gasteiger partial charge in [-0.25, -0.2) is 0 Å². The Morgan fingerprint density at radius 1 is 0.429 bits per heavy atom. The minimum atomic E-state index is -0.287. The van der Waals surface area contributed by atoms with E-state index in [4.69, 9.17) is 0 Å². The molecule has 0 fully saturated rings. The molecular weight excluding hydrogens is 759 g/mol. The van der Waals surface area contributed by atoms with E-state index in [0.29, 0.717) is 0 Å². The zero-order valence-electron chi connectivity index (χ0n) is 35.5. The van der Waals surface area contributed by atoms with Gasteiger partial charge in [-0.2, -0.15) is 0 Å². The lowest BCUT2D eigenvalue weighted by Gasteiger charge is -2.37. The summed E-state index contributed by atoms with van der Waals surface area (Å²) in [5, 5.41) is 2.53. The molecule has 0 saturated heterocycles. The van der Waals surface area contributed by atoms with Crippen molar-refractivity contribution in [2.75, 3.05) is 4.90 Å². The number of para-hydroxylation sites is 1. The molecule has 0 bridgehead atoms. The molecule has 4 aliphatic carbocycles. The fourth-order valence-electron chi connectivity index (χ4n) is 12.3. The Hall–Kier alpha value is -7.48. The highest BCUT2D eigenvalue weighted by molar-refractivity contribution is 6.04. The molecule has 0 aromatic heterocycles. The summed E-state index contributed by atoms with van der Waals surface area (Å²) in [7, 11) is 0. The number of hydrogen-bond acceptors (Lipinski definition) is 1. The molecule has 298 valence electrons. The fourth-order valence-corrected chi connectivity index (χ4v) is 12.3. The molecule has 9 aromatic rings. The molecule has 2 unspecified atom stereocenters. The maximum Gasteiger partial charge on any atom is 0.0543 e. The SMILES string of the molecule is CC1(C)c2ccccc2-c2c(N(c3ccccc3)c3ccc(-c4ccc5ccccc5c4C4=CC5C(C=C4)c4ccccc4C54c5ccccc5-c5ccccc54)cc3)cccc21. The number of nitrogens with zero attached hydrogens (tertiary/aromatic N) is 1. The van der Waals surface area contributed by atoms with Crippen molar-refractivity contribution >= 4 is 33.4 Å². The van der Waals surface area contributed by atoms with Crippen LogP contribution in [0.2, 0.25) is 0 Å². The second-order valence-electron chi connectivity index (χ2n) is 18.3. The summed E-state index contributed by atoms with van der Waals surface area (Å²) in [4.78, 5) is 2.45. The number of benzene rings is 9. The molecule has 0 N–H and O–H groups in total. The van der Waals surface area contributed by atoms with Gasteiger partial charge in [-0.05, 0) is 113 Å². The fraction of sp³-hybridized carbons (Fsp3) is 0.0968. The molecule has 1 nitrogen and oxygen atoms in total. The third kappa shape index (κ3) is 4.99. The van der Waals surface area contributed by atoms with Crippen molar-refractivity contribution in [3.05, 3.63) is 263 Å². The van der Waals surface area contributed by atoms with Crippen LogP contribution < -0.4 is 4.90 Å². The van der Waals surface area contributed by atoms with Crippen molar-refractivity contribution in [1.82, 2.24) is 0 Å². The quantitative estimate of drug-likeness (QED) is 0.168. The summed E-state index contributed by atoms with van der Waals surface area (Å²) in [5.41, 5.74) is 21.9. The van der Waals surface area contributed by atoms with E-state index < -0.39 is 0 Å².